The van der Waals surface area contributed by atoms with Crippen LogP contribution in [0.2, 0.25) is 0 Å². The van der Waals surface area contributed by atoms with Crippen molar-refractivity contribution in [3.63, 3.8) is 0 Å². The number of likely N-dealkylation sites (tertiary alicyclic amines) is 1. The summed E-state index contributed by atoms with van der Waals surface area (Å²) in [7, 11) is 2.11. The van der Waals surface area contributed by atoms with E-state index in [2.05, 4.69) is 89.2 Å². The number of hydrogen-bond acceptors (Lipinski definition) is 5. The maximum atomic E-state index is 14.5. The molecule has 2 saturated carbocycles. The van der Waals surface area contributed by atoms with Crippen molar-refractivity contribution in [3.8, 4) is 0 Å². The Morgan fingerprint density at radius 2 is 1.68 bits per heavy atom. The fraction of sp³-hybridized carbons (Fsp3) is 0.556. The number of aromatic nitrogens is 1. The Morgan fingerprint density at radius 3 is 2.36 bits per heavy atom. The summed E-state index contributed by atoms with van der Waals surface area (Å²) in [5.41, 5.74) is 4.82. The zero-order valence-corrected chi connectivity index (χ0v) is 26.7. The lowest BCUT2D eigenvalue weighted by Gasteiger charge is -2.47. The third-order valence-electron chi connectivity index (χ3n) is 11.1. The van der Waals surface area contributed by atoms with E-state index in [9.17, 15) is 9.59 Å². The van der Waals surface area contributed by atoms with Crippen LogP contribution in [0.5, 0.6) is 0 Å². The number of para-hydroxylation sites is 1. The Balaban J connectivity index is 1.13. The molecule has 2 saturated heterocycles. The Morgan fingerprint density at radius 1 is 1.00 bits per heavy atom. The van der Waals surface area contributed by atoms with Gasteiger partial charge in [-0.25, -0.2) is 0 Å². The lowest BCUT2D eigenvalue weighted by Crippen LogP contribution is -2.64. The minimum absolute atomic E-state index is 0.0189. The minimum atomic E-state index is -0.834. The Hall–Kier alpha value is -3.36. The molecule has 1 aromatic heterocycles. The van der Waals surface area contributed by atoms with Crippen molar-refractivity contribution in [3.05, 3.63) is 59.8 Å². The Bertz CT molecular complexity index is 1530. The van der Waals surface area contributed by atoms with Crippen LogP contribution in [0.15, 0.2) is 48.5 Å². The first-order valence-corrected chi connectivity index (χ1v) is 16.5. The van der Waals surface area contributed by atoms with Crippen LogP contribution < -0.4 is 10.2 Å². The topological polar surface area (TPSA) is 80.9 Å². The van der Waals surface area contributed by atoms with Crippen LogP contribution in [0.4, 0.5) is 11.4 Å². The molecule has 3 aromatic rings. The maximum Gasteiger partial charge on any atom is 0.250 e. The number of aromatic amines is 1. The van der Waals surface area contributed by atoms with Crippen molar-refractivity contribution in [1.29, 1.82) is 0 Å². The molecule has 4 fully saturated rings. The normalized spacial score (nSPS) is 24.7. The molecule has 0 spiro atoms. The van der Waals surface area contributed by atoms with Gasteiger partial charge < -0.3 is 29.7 Å². The number of aryl methyl sites for hydroxylation is 1. The zero-order valence-electron chi connectivity index (χ0n) is 26.7. The highest BCUT2D eigenvalue weighted by Gasteiger charge is 2.61. The molecule has 0 bridgehead atoms. The van der Waals surface area contributed by atoms with E-state index in [1.54, 1.807) is 0 Å². The number of benzene rings is 2. The first-order valence-electron chi connectivity index (χ1n) is 16.5. The number of hydrogen-bond donors (Lipinski definition) is 2. The first-order chi connectivity index (χ1) is 21.2. The molecule has 2 N–H and O–H groups in total. The molecule has 2 aliphatic carbocycles. The van der Waals surface area contributed by atoms with E-state index >= 15 is 0 Å². The molecule has 2 atom stereocenters. The molecule has 8 nitrogen and oxygen atoms in total. The molecule has 4 aliphatic rings. The molecule has 3 heterocycles. The number of rotatable bonds is 8. The monoisotopic (exact) mass is 597 g/mol. The van der Waals surface area contributed by atoms with Crippen molar-refractivity contribution in [2.75, 3.05) is 56.7 Å². The van der Waals surface area contributed by atoms with E-state index in [-0.39, 0.29) is 29.2 Å². The fourth-order valence-electron chi connectivity index (χ4n) is 8.20. The quantitative estimate of drug-likeness (QED) is 0.357. The van der Waals surface area contributed by atoms with Crippen molar-refractivity contribution >= 4 is 34.1 Å². The number of carbonyl (C=O) groups excluding carboxylic acids is 2. The highest BCUT2D eigenvalue weighted by Crippen LogP contribution is 2.67. The number of H-pyrrole nitrogens is 1. The molecule has 0 radical (unpaired) electrons. The van der Waals surface area contributed by atoms with Gasteiger partial charge in [-0.05, 0) is 92.8 Å². The standard InChI is InChI=1S/C36H47N5O3/c1-24-32(28-7-5-6-8-30(28)37-24)33-29(35(33,2)3)23-31(42)41(27-13-14-27)36(15-17-39(4)18-16-36)34(43)38-25-9-11-26(12-10-25)40-19-21-44-22-20-40/h5-12,27,29,33,37H,13-23H2,1-4H3,(H,38,43)/t29-,33-/m1/s1. The van der Waals surface area contributed by atoms with Gasteiger partial charge in [0.1, 0.15) is 5.54 Å². The van der Waals surface area contributed by atoms with Gasteiger partial charge in [-0.15, -0.1) is 0 Å². The molecule has 44 heavy (non-hydrogen) atoms. The molecule has 234 valence electrons. The predicted octanol–water partition coefficient (Wildman–Crippen LogP) is 5.54. The number of nitrogens with zero attached hydrogens (tertiary/aromatic N) is 3. The van der Waals surface area contributed by atoms with Gasteiger partial charge in [-0.2, -0.15) is 0 Å². The number of piperidine rings is 1. The Kier molecular flexibility index (Phi) is 7.48. The van der Waals surface area contributed by atoms with E-state index < -0.39 is 5.54 Å². The number of anilines is 2. The summed E-state index contributed by atoms with van der Waals surface area (Å²) >= 11 is 0. The number of amides is 2. The molecule has 2 aromatic carbocycles. The average molecular weight is 598 g/mol. The second-order valence-electron chi connectivity index (χ2n) is 14.2. The number of fused-ring (bicyclic) bond motifs is 1. The van der Waals surface area contributed by atoms with Gasteiger partial charge in [0.15, 0.2) is 0 Å². The van der Waals surface area contributed by atoms with E-state index in [1.165, 1.54) is 16.6 Å². The molecule has 7 rings (SSSR count). The van der Waals surface area contributed by atoms with Gasteiger partial charge in [-0.1, -0.05) is 32.0 Å². The van der Waals surface area contributed by atoms with Gasteiger partial charge in [0.25, 0.3) is 0 Å². The van der Waals surface area contributed by atoms with E-state index in [0.717, 1.165) is 69.1 Å². The third-order valence-corrected chi connectivity index (χ3v) is 11.1. The molecule has 2 aliphatic heterocycles. The van der Waals surface area contributed by atoms with E-state index in [0.29, 0.717) is 25.2 Å². The van der Waals surface area contributed by atoms with Gasteiger partial charge in [0.2, 0.25) is 11.8 Å². The molecule has 8 heteroatoms. The van der Waals surface area contributed by atoms with Crippen LogP contribution in [0.25, 0.3) is 10.9 Å². The summed E-state index contributed by atoms with van der Waals surface area (Å²) in [6.45, 7) is 11.6. The van der Waals surface area contributed by atoms with Crippen LogP contribution >= 0.6 is 0 Å². The van der Waals surface area contributed by atoms with Crippen LogP contribution in [-0.4, -0.2) is 84.6 Å². The second kappa shape index (κ2) is 11.2. The molecular formula is C36H47N5O3. The predicted molar refractivity (Wildman–Crippen MR) is 175 cm³/mol. The lowest BCUT2D eigenvalue weighted by molar-refractivity contribution is -0.150. The fourth-order valence-corrected chi connectivity index (χ4v) is 8.20. The lowest BCUT2D eigenvalue weighted by atomic mass is 9.83. The van der Waals surface area contributed by atoms with Crippen molar-refractivity contribution < 1.29 is 14.3 Å². The van der Waals surface area contributed by atoms with Gasteiger partial charge in [0, 0.05) is 66.6 Å². The van der Waals surface area contributed by atoms with Crippen molar-refractivity contribution in [2.45, 2.75) is 70.4 Å². The zero-order chi connectivity index (χ0) is 30.6. The van der Waals surface area contributed by atoms with Gasteiger partial charge >= 0.3 is 0 Å². The second-order valence-corrected chi connectivity index (χ2v) is 14.2. The van der Waals surface area contributed by atoms with Crippen molar-refractivity contribution in [2.24, 2.45) is 11.3 Å². The number of nitrogens with one attached hydrogen (secondary N) is 2. The van der Waals surface area contributed by atoms with Gasteiger partial charge in [-0.3, -0.25) is 9.59 Å². The first kappa shape index (κ1) is 29.4. The summed E-state index contributed by atoms with van der Waals surface area (Å²) in [4.78, 5) is 39.1. The SMILES string of the molecule is Cc1[nH]c2ccccc2c1[C@H]1[C@@H](CC(=O)N(C2CC2)C2(C(=O)Nc3ccc(N4CCOCC4)cc3)CCN(C)CC2)C1(C)C. The summed E-state index contributed by atoms with van der Waals surface area (Å²) in [5.74, 6) is 0.668. The largest absolute Gasteiger partial charge is 0.378 e. The highest BCUT2D eigenvalue weighted by molar-refractivity contribution is 6.01. The smallest absolute Gasteiger partial charge is 0.250 e. The van der Waals surface area contributed by atoms with Crippen LogP contribution in [0.1, 0.15) is 63.1 Å². The summed E-state index contributed by atoms with van der Waals surface area (Å²) in [6.07, 6.45) is 3.74. The van der Waals surface area contributed by atoms with Gasteiger partial charge in [0.05, 0.1) is 13.2 Å². The minimum Gasteiger partial charge on any atom is -0.378 e. The molecule has 0 unspecified atom stereocenters. The Labute approximate surface area is 261 Å². The van der Waals surface area contributed by atoms with Crippen LogP contribution in [0.3, 0.4) is 0 Å². The number of morpholine rings is 1. The molecular weight excluding hydrogens is 550 g/mol. The van der Waals surface area contributed by atoms with E-state index in [1.807, 2.05) is 12.1 Å². The summed E-state index contributed by atoms with van der Waals surface area (Å²) < 4.78 is 5.50. The molecule has 2 amide bonds. The van der Waals surface area contributed by atoms with Crippen molar-refractivity contribution in [1.82, 2.24) is 14.8 Å². The average Bonchev–Trinajstić information content (AvgIpc) is 3.91. The summed E-state index contributed by atoms with van der Waals surface area (Å²) in [5, 5.41) is 4.53. The number of ether oxygens (including phenoxy) is 1. The van der Waals surface area contributed by atoms with E-state index in [4.69, 9.17) is 4.74 Å². The number of carbonyl (C=O) groups is 2. The maximum absolute atomic E-state index is 14.5. The van der Waals surface area contributed by atoms with Crippen LogP contribution in [-0.2, 0) is 14.3 Å². The van der Waals surface area contributed by atoms with Crippen LogP contribution in [0, 0.1) is 18.3 Å². The summed E-state index contributed by atoms with van der Waals surface area (Å²) in [6, 6.07) is 16.8. The highest BCUT2D eigenvalue weighted by atomic mass is 16.5. The third kappa shape index (κ3) is 5.20.